The van der Waals surface area contributed by atoms with Crippen LogP contribution in [-0.4, -0.2) is 77.6 Å². The summed E-state index contributed by atoms with van der Waals surface area (Å²) in [6, 6.07) is 7.67. The van der Waals surface area contributed by atoms with Gasteiger partial charge in [0.15, 0.2) is 6.10 Å². The molecule has 0 radical (unpaired) electrons. The molecule has 5 atom stereocenters. The Morgan fingerprint density at radius 1 is 1.14 bits per heavy atom. The molecule has 12 heteroatoms. The van der Waals surface area contributed by atoms with Gasteiger partial charge in [-0.2, -0.15) is 0 Å². The van der Waals surface area contributed by atoms with E-state index in [1.807, 2.05) is 6.92 Å². The number of benzene rings is 2. The van der Waals surface area contributed by atoms with Crippen LogP contribution in [-0.2, 0) is 23.9 Å². The van der Waals surface area contributed by atoms with Crippen molar-refractivity contribution in [2.45, 2.75) is 31.3 Å². The lowest BCUT2D eigenvalue weighted by Gasteiger charge is -2.21. The number of hydrogen-bond donors (Lipinski definition) is 2. The van der Waals surface area contributed by atoms with Crippen LogP contribution in [0.25, 0.3) is 10.9 Å². The number of nitrogens with zero attached hydrogens (tertiary/aromatic N) is 2. The van der Waals surface area contributed by atoms with Gasteiger partial charge < -0.3 is 33.7 Å². The fourth-order valence-electron chi connectivity index (χ4n) is 4.55. The Kier molecular flexibility index (Phi) is 7.08. The number of nitrogens with one attached hydrogen (secondary N) is 2. The molecule has 0 aliphatic carbocycles. The Hall–Kier alpha value is -3.19. The SMILES string of the molecule is C=S(C)(=O)Nc1cc(OCC)c2c(Nc3ccc(F)cc3OC3COC4C(OC)COC34)ncnc2c1. The molecule has 37 heavy (non-hydrogen) atoms. The van der Waals surface area contributed by atoms with Crippen LogP contribution >= 0.6 is 0 Å². The lowest BCUT2D eigenvalue weighted by atomic mass is 10.1. The van der Waals surface area contributed by atoms with Gasteiger partial charge in [0.2, 0.25) is 0 Å². The number of fused-ring (bicyclic) bond motifs is 2. The second-order valence-corrected chi connectivity index (χ2v) is 11.1. The van der Waals surface area contributed by atoms with Gasteiger partial charge in [-0.3, -0.25) is 0 Å². The molecule has 3 aromatic rings. The Labute approximate surface area is 214 Å². The smallest absolute Gasteiger partial charge is 0.151 e. The molecular formula is C25H29FN4O6S. The third-order valence-electron chi connectivity index (χ3n) is 6.08. The summed E-state index contributed by atoms with van der Waals surface area (Å²) >= 11 is 0. The molecule has 10 nitrogen and oxygen atoms in total. The number of rotatable bonds is 9. The highest BCUT2D eigenvalue weighted by atomic mass is 32.2. The zero-order chi connectivity index (χ0) is 26.2. The molecule has 2 N–H and O–H groups in total. The lowest BCUT2D eigenvalue weighted by molar-refractivity contribution is -0.0138. The van der Waals surface area contributed by atoms with Gasteiger partial charge in [0.25, 0.3) is 0 Å². The number of aromatic nitrogens is 2. The fraction of sp³-hybridized carbons (Fsp3) is 0.400. The molecule has 2 aliphatic heterocycles. The van der Waals surface area contributed by atoms with E-state index in [-0.39, 0.29) is 24.1 Å². The summed E-state index contributed by atoms with van der Waals surface area (Å²) < 4.78 is 58.5. The van der Waals surface area contributed by atoms with Gasteiger partial charge in [-0.25, -0.2) is 18.6 Å². The minimum absolute atomic E-state index is 0.169. The van der Waals surface area contributed by atoms with E-state index in [0.29, 0.717) is 53.7 Å². The first kappa shape index (κ1) is 25.5. The third kappa shape index (κ3) is 5.42. The molecule has 0 saturated carbocycles. The standard InChI is InChI=1S/C25H29FN4O6S/c1-5-33-19-10-15(30-37(3,4)31)9-17-22(19)25(28-13-27-17)29-16-7-6-14(26)8-18(16)36-21-12-35-23-20(32-2)11-34-24(21)23/h6-10,13,20-21,23-24H,3,5,11-12H2,1-2,4H3,(H,30,31)(H,27,28,29). The fourth-order valence-corrected chi connectivity index (χ4v) is 5.16. The van der Waals surface area contributed by atoms with Crippen molar-refractivity contribution < 1.29 is 32.3 Å². The second kappa shape index (κ2) is 10.3. The van der Waals surface area contributed by atoms with Crippen molar-refractivity contribution in [3.05, 3.63) is 42.5 Å². The zero-order valence-corrected chi connectivity index (χ0v) is 21.5. The highest BCUT2D eigenvalue weighted by Crippen LogP contribution is 2.38. The molecule has 1 aromatic heterocycles. The van der Waals surface area contributed by atoms with Crippen molar-refractivity contribution in [2.24, 2.45) is 0 Å². The summed E-state index contributed by atoms with van der Waals surface area (Å²) in [6.45, 7) is 2.94. The predicted molar refractivity (Wildman–Crippen MR) is 140 cm³/mol. The minimum atomic E-state index is -2.51. The van der Waals surface area contributed by atoms with Crippen LogP contribution in [0.15, 0.2) is 36.7 Å². The van der Waals surface area contributed by atoms with Gasteiger partial charge in [-0.05, 0) is 31.0 Å². The Morgan fingerprint density at radius 2 is 1.89 bits per heavy atom. The molecule has 0 bridgehead atoms. The molecule has 2 aliphatic rings. The maximum Gasteiger partial charge on any atom is 0.151 e. The largest absolute Gasteiger partial charge is 0.493 e. The van der Waals surface area contributed by atoms with Crippen LogP contribution in [0.5, 0.6) is 11.5 Å². The summed E-state index contributed by atoms with van der Waals surface area (Å²) in [6.07, 6.45) is 1.74. The van der Waals surface area contributed by atoms with Crippen LogP contribution in [0.1, 0.15) is 6.92 Å². The summed E-state index contributed by atoms with van der Waals surface area (Å²) in [5, 5.41) is 3.84. The number of ether oxygens (including phenoxy) is 5. The maximum atomic E-state index is 14.3. The van der Waals surface area contributed by atoms with E-state index in [9.17, 15) is 8.60 Å². The summed E-state index contributed by atoms with van der Waals surface area (Å²) in [4.78, 5) is 8.78. The quantitative estimate of drug-likeness (QED) is 0.401. The normalized spacial score (nSPS) is 24.4. The highest BCUT2D eigenvalue weighted by Gasteiger charge is 2.49. The highest BCUT2D eigenvalue weighted by molar-refractivity contribution is 8.00. The van der Waals surface area contributed by atoms with Crippen molar-refractivity contribution in [2.75, 3.05) is 43.2 Å². The monoisotopic (exact) mass is 532 g/mol. The van der Waals surface area contributed by atoms with E-state index < -0.39 is 21.6 Å². The molecule has 5 rings (SSSR count). The van der Waals surface area contributed by atoms with E-state index >= 15 is 0 Å². The number of hydrogen-bond acceptors (Lipinski definition) is 9. The van der Waals surface area contributed by atoms with Gasteiger partial charge in [0.1, 0.15) is 47.8 Å². The van der Waals surface area contributed by atoms with E-state index in [1.54, 1.807) is 25.3 Å². The molecule has 0 amide bonds. The van der Waals surface area contributed by atoms with Crippen LogP contribution in [0.4, 0.5) is 21.6 Å². The zero-order valence-electron chi connectivity index (χ0n) is 20.7. The molecule has 2 saturated heterocycles. The van der Waals surface area contributed by atoms with E-state index in [4.69, 9.17) is 23.7 Å². The summed E-state index contributed by atoms with van der Waals surface area (Å²) in [5.41, 5.74) is 1.59. The van der Waals surface area contributed by atoms with Crippen molar-refractivity contribution in [1.82, 2.24) is 9.97 Å². The van der Waals surface area contributed by atoms with Gasteiger partial charge in [-0.15, -0.1) is 0 Å². The number of anilines is 3. The molecular weight excluding hydrogens is 503 g/mol. The molecule has 198 valence electrons. The van der Waals surface area contributed by atoms with Gasteiger partial charge in [0, 0.05) is 35.2 Å². The topological polar surface area (TPSA) is 113 Å². The number of methoxy groups -OCH3 is 1. The van der Waals surface area contributed by atoms with Gasteiger partial charge >= 0.3 is 0 Å². The molecule has 2 aromatic carbocycles. The Balaban J connectivity index is 1.48. The Bertz CT molecular complexity index is 1410. The first-order valence-corrected chi connectivity index (χ1v) is 13.9. The average molecular weight is 533 g/mol. The van der Waals surface area contributed by atoms with E-state index in [2.05, 4.69) is 25.9 Å². The van der Waals surface area contributed by atoms with Crippen LogP contribution in [0, 0.1) is 5.82 Å². The molecule has 0 spiro atoms. The second-order valence-electron chi connectivity index (χ2n) is 8.92. The Morgan fingerprint density at radius 3 is 2.62 bits per heavy atom. The van der Waals surface area contributed by atoms with Crippen molar-refractivity contribution in [1.29, 1.82) is 0 Å². The van der Waals surface area contributed by atoms with E-state index in [1.165, 1.54) is 24.7 Å². The van der Waals surface area contributed by atoms with Crippen LogP contribution in [0.2, 0.25) is 0 Å². The number of halogens is 1. The first-order chi connectivity index (χ1) is 17.8. The minimum Gasteiger partial charge on any atom is -0.493 e. The molecule has 5 unspecified atom stereocenters. The van der Waals surface area contributed by atoms with Crippen molar-refractivity contribution in [3.8, 4) is 11.5 Å². The van der Waals surface area contributed by atoms with Gasteiger partial charge in [-0.1, -0.05) is 0 Å². The van der Waals surface area contributed by atoms with Crippen LogP contribution < -0.4 is 19.5 Å². The molecule has 3 heterocycles. The first-order valence-electron chi connectivity index (χ1n) is 11.8. The lowest BCUT2D eigenvalue weighted by Crippen LogP contribution is -2.35. The predicted octanol–water partition coefficient (Wildman–Crippen LogP) is 3.14. The molecule has 2 fully saturated rings. The van der Waals surface area contributed by atoms with E-state index in [0.717, 1.165) is 0 Å². The van der Waals surface area contributed by atoms with Crippen molar-refractivity contribution >= 4 is 43.7 Å². The van der Waals surface area contributed by atoms with Crippen molar-refractivity contribution in [3.63, 3.8) is 0 Å². The van der Waals surface area contributed by atoms with Crippen LogP contribution in [0.3, 0.4) is 0 Å². The van der Waals surface area contributed by atoms with Gasteiger partial charge in [0.05, 0.1) is 42.1 Å². The maximum absolute atomic E-state index is 14.3. The average Bonchev–Trinajstić information content (AvgIpc) is 3.42. The third-order valence-corrected chi connectivity index (χ3v) is 6.74. The summed E-state index contributed by atoms with van der Waals surface area (Å²) in [5.74, 6) is 4.39. The summed E-state index contributed by atoms with van der Waals surface area (Å²) in [7, 11) is -0.899.